The number of ketones is 1. The van der Waals surface area contributed by atoms with Crippen LogP contribution in [-0.2, 0) is 15.3 Å². The van der Waals surface area contributed by atoms with Gasteiger partial charge in [-0.15, -0.1) is 10.2 Å². The summed E-state index contributed by atoms with van der Waals surface area (Å²) in [7, 11) is 0. The van der Waals surface area contributed by atoms with Gasteiger partial charge in [0.05, 0.1) is 11.6 Å². The molecule has 0 radical (unpaired) electrons. The molecule has 3 aromatic carbocycles. The Morgan fingerprint density at radius 3 is 2.58 bits per heavy atom. The van der Waals surface area contributed by atoms with Gasteiger partial charge in [0.1, 0.15) is 5.76 Å². The predicted octanol–water partition coefficient (Wildman–Crippen LogP) is 7.38. The lowest BCUT2D eigenvalue weighted by molar-refractivity contribution is -0.132. The number of benzene rings is 3. The molecule has 4 aromatic rings. The molecule has 1 fully saturated rings. The first-order valence-electron chi connectivity index (χ1n) is 11.6. The molecule has 1 N–H and O–H groups in total. The van der Waals surface area contributed by atoms with Crippen molar-refractivity contribution in [2.75, 3.05) is 4.90 Å². The lowest BCUT2D eigenvalue weighted by Gasteiger charge is -2.23. The monoisotopic (exact) mass is 581 g/mol. The zero-order chi connectivity index (χ0) is 27.0. The average Bonchev–Trinajstić information content (AvgIpc) is 3.46. The van der Waals surface area contributed by atoms with E-state index in [-0.39, 0.29) is 16.5 Å². The standard InChI is InChI=1S/C28H21Cl2N3O3S2/c1-15-10-11-16(2)20(12-15)24(34)22-23(17-7-5-8-19(29)13-17)33(26(36)25(22)35)27-31-32-28(38-27)37-14-18-6-3-4-9-21(18)30/h3-13,23,34H,14H2,1-2H3/b24-22+. The third kappa shape index (κ3) is 5.09. The van der Waals surface area contributed by atoms with Gasteiger partial charge in [0.2, 0.25) is 5.13 Å². The van der Waals surface area contributed by atoms with Gasteiger partial charge in [-0.05, 0) is 54.8 Å². The third-order valence-corrected chi connectivity index (χ3v) is 8.88. The average molecular weight is 583 g/mol. The molecule has 1 aliphatic heterocycles. The number of hydrogen-bond donors (Lipinski definition) is 1. The fourth-order valence-corrected chi connectivity index (χ4v) is 6.62. The lowest BCUT2D eigenvalue weighted by atomic mass is 9.93. The first-order chi connectivity index (χ1) is 18.2. The predicted molar refractivity (Wildman–Crippen MR) is 153 cm³/mol. The highest BCUT2D eigenvalue weighted by Crippen LogP contribution is 2.44. The summed E-state index contributed by atoms with van der Waals surface area (Å²) in [6.45, 7) is 3.73. The highest BCUT2D eigenvalue weighted by atomic mass is 35.5. The molecule has 0 bridgehead atoms. The summed E-state index contributed by atoms with van der Waals surface area (Å²) in [5.74, 6) is -1.26. The SMILES string of the molecule is Cc1ccc(C)c(/C(O)=C2\C(=O)C(=O)N(c3nnc(SCc4ccccc4Cl)s3)C2c2cccc(Cl)c2)c1. The van der Waals surface area contributed by atoms with Gasteiger partial charge in [0, 0.05) is 21.4 Å². The van der Waals surface area contributed by atoms with Crippen LogP contribution in [0.25, 0.3) is 5.76 Å². The smallest absolute Gasteiger partial charge is 0.301 e. The number of aromatic nitrogens is 2. The maximum Gasteiger partial charge on any atom is 0.301 e. The van der Waals surface area contributed by atoms with Crippen molar-refractivity contribution in [1.29, 1.82) is 0 Å². The molecule has 0 saturated carbocycles. The Kier molecular flexibility index (Phi) is 7.59. The number of Topliss-reactive ketones (excluding diaryl/α,β-unsaturated/α-hetero) is 1. The molecule has 2 heterocycles. The number of aryl methyl sites for hydroxylation is 2. The van der Waals surface area contributed by atoms with Gasteiger partial charge in [-0.1, -0.05) is 94.3 Å². The number of anilines is 1. The third-order valence-electron chi connectivity index (χ3n) is 6.17. The van der Waals surface area contributed by atoms with Crippen molar-refractivity contribution in [3.8, 4) is 0 Å². The van der Waals surface area contributed by atoms with E-state index in [0.29, 0.717) is 31.3 Å². The molecule has 0 spiro atoms. The van der Waals surface area contributed by atoms with Crippen molar-refractivity contribution in [1.82, 2.24) is 10.2 Å². The Labute approximate surface area is 237 Å². The number of rotatable bonds is 6. The maximum atomic E-state index is 13.4. The molecule has 6 nitrogen and oxygen atoms in total. The Morgan fingerprint density at radius 2 is 1.82 bits per heavy atom. The van der Waals surface area contributed by atoms with E-state index in [9.17, 15) is 14.7 Å². The zero-order valence-corrected chi connectivity index (χ0v) is 23.5. The van der Waals surface area contributed by atoms with E-state index in [1.165, 1.54) is 28.0 Å². The number of aliphatic hydroxyl groups excluding tert-OH is 1. The molecular formula is C28H21Cl2N3O3S2. The fourth-order valence-electron chi connectivity index (χ4n) is 4.27. The topological polar surface area (TPSA) is 83.4 Å². The van der Waals surface area contributed by atoms with E-state index >= 15 is 0 Å². The highest BCUT2D eigenvalue weighted by Gasteiger charge is 2.48. The Bertz CT molecular complexity index is 1600. The van der Waals surface area contributed by atoms with Gasteiger partial charge in [-0.2, -0.15) is 0 Å². The zero-order valence-electron chi connectivity index (χ0n) is 20.3. The quantitative estimate of drug-likeness (QED) is 0.0840. The second kappa shape index (κ2) is 10.9. The van der Waals surface area contributed by atoms with Crippen LogP contribution in [0.2, 0.25) is 10.0 Å². The Hall–Kier alpha value is -3.17. The molecule has 1 saturated heterocycles. The van der Waals surface area contributed by atoms with E-state index in [4.69, 9.17) is 23.2 Å². The normalized spacial score (nSPS) is 16.8. The van der Waals surface area contributed by atoms with Crippen molar-refractivity contribution >= 4 is 68.9 Å². The van der Waals surface area contributed by atoms with E-state index < -0.39 is 17.7 Å². The molecule has 10 heteroatoms. The number of nitrogens with zero attached hydrogens (tertiary/aromatic N) is 3. The second-order valence-corrected chi connectivity index (χ2v) is 11.8. The van der Waals surface area contributed by atoms with Crippen LogP contribution in [0.1, 0.15) is 33.9 Å². The largest absolute Gasteiger partial charge is 0.507 e. The molecule has 0 aliphatic carbocycles. The summed E-state index contributed by atoms with van der Waals surface area (Å²) in [5, 5.41) is 21.2. The summed E-state index contributed by atoms with van der Waals surface area (Å²) in [6, 6.07) is 19.1. The molecule has 1 atom stereocenters. The molecule has 5 rings (SSSR count). The van der Waals surface area contributed by atoms with Gasteiger partial charge in [-0.25, -0.2) is 0 Å². The van der Waals surface area contributed by atoms with Crippen LogP contribution in [0, 0.1) is 13.8 Å². The Balaban J connectivity index is 1.58. The minimum absolute atomic E-state index is 0.0218. The summed E-state index contributed by atoms with van der Waals surface area (Å²) in [4.78, 5) is 28.1. The number of amides is 1. The van der Waals surface area contributed by atoms with Crippen LogP contribution in [0.3, 0.4) is 0 Å². The van der Waals surface area contributed by atoms with Crippen LogP contribution in [0.15, 0.2) is 76.6 Å². The molecule has 1 aromatic heterocycles. The van der Waals surface area contributed by atoms with Crippen molar-refractivity contribution < 1.29 is 14.7 Å². The van der Waals surface area contributed by atoms with Crippen molar-refractivity contribution in [3.05, 3.63) is 110 Å². The van der Waals surface area contributed by atoms with Crippen LogP contribution in [0.4, 0.5) is 5.13 Å². The van der Waals surface area contributed by atoms with E-state index in [2.05, 4.69) is 10.2 Å². The van der Waals surface area contributed by atoms with Gasteiger partial charge in [0.25, 0.3) is 5.78 Å². The summed E-state index contributed by atoms with van der Waals surface area (Å²) < 4.78 is 0.612. The number of aliphatic hydroxyl groups is 1. The number of carbonyl (C=O) groups excluding carboxylic acids is 2. The molecule has 38 heavy (non-hydrogen) atoms. The molecule has 1 unspecified atom stereocenters. The fraction of sp³-hybridized carbons (Fsp3) is 0.143. The molecule has 1 aliphatic rings. The first-order valence-corrected chi connectivity index (χ1v) is 14.1. The van der Waals surface area contributed by atoms with Crippen LogP contribution >= 0.6 is 46.3 Å². The number of carbonyl (C=O) groups is 2. The van der Waals surface area contributed by atoms with Crippen LogP contribution in [-0.4, -0.2) is 27.0 Å². The van der Waals surface area contributed by atoms with Crippen molar-refractivity contribution in [2.45, 2.75) is 30.0 Å². The van der Waals surface area contributed by atoms with E-state index in [1.54, 1.807) is 30.3 Å². The maximum absolute atomic E-state index is 13.4. The van der Waals surface area contributed by atoms with Gasteiger partial charge in [0.15, 0.2) is 4.34 Å². The van der Waals surface area contributed by atoms with Gasteiger partial charge in [-0.3, -0.25) is 14.5 Å². The number of halogens is 2. The lowest BCUT2D eigenvalue weighted by Crippen LogP contribution is -2.29. The van der Waals surface area contributed by atoms with Crippen molar-refractivity contribution in [2.24, 2.45) is 0 Å². The number of hydrogen-bond acceptors (Lipinski definition) is 7. The minimum Gasteiger partial charge on any atom is -0.507 e. The molecule has 1 amide bonds. The summed E-state index contributed by atoms with van der Waals surface area (Å²) >= 11 is 15.2. The highest BCUT2D eigenvalue weighted by molar-refractivity contribution is 8.00. The summed E-state index contributed by atoms with van der Waals surface area (Å²) in [5.41, 5.74) is 3.68. The van der Waals surface area contributed by atoms with Crippen LogP contribution < -0.4 is 4.90 Å². The van der Waals surface area contributed by atoms with E-state index in [0.717, 1.165) is 16.7 Å². The van der Waals surface area contributed by atoms with Crippen molar-refractivity contribution in [3.63, 3.8) is 0 Å². The summed E-state index contributed by atoms with van der Waals surface area (Å²) in [6.07, 6.45) is 0. The van der Waals surface area contributed by atoms with Gasteiger partial charge < -0.3 is 5.11 Å². The Morgan fingerprint density at radius 1 is 1.03 bits per heavy atom. The minimum atomic E-state index is -0.928. The molecule has 192 valence electrons. The van der Waals surface area contributed by atoms with Gasteiger partial charge >= 0.3 is 5.91 Å². The van der Waals surface area contributed by atoms with E-state index in [1.807, 2.05) is 50.2 Å². The number of thioether (sulfide) groups is 1. The molecular weight excluding hydrogens is 561 g/mol. The first kappa shape index (κ1) is 26.4. The second-order valence-electron chi connectivity index (χ2n) is 8.77. The van der Waals surface area contributed by atoms with Crippen LogP contribution in [0.5, 0.6) is 0 Å².